The Morgan fingerprint density at radius 3 is 2.68 bits per heavy atom. The maximum Gasteiger partial charge on any atom is 0.259 e. The summed E-state index contributed by atoms with van der Waals surface area (Å²) in [5, 5.41) is 9.42. The SMILES string of the molecule is Cc1cccc(OCCOc2ccc(Cl)cc2C=C(C#N)C(N)=O)c1. The fraction of sp³-hybridized carbons (Fsp3) is 0.158. The van der Waals surface area contributed by atoms with Crippen LogP contribution in [0.3, 0.4) is 0 Å². The third kappa shape index (κ3) is 5.55. The zero-order valence-electron chi connectivity index (χ0n) is 13.7. The van der Waals surface area contributed by atoms with Gasteiger partial charge in [-0.2, -0.15) is 5.26 Å². The number of benzene rings is 2. The molecule has 0 aromatic heterocycles. The molecule has 0 atom stereocenters. The van der Waals surface area contributed by atoms with Crippen molar-refractivity contribution in [1.29, 1.82) is 5.26 Å². The Hall–Kier alpha value is -2.97. The fourth-order valence-electron chi connectivity index (χ4n) is 2.09. The summed E-state index contributed by atoms with van der Waals surface area (Å²) in [4.78, 5) is 11.2. The van der Waals surface area contributed by atoms with Crippen LogP contribution in [0.25, 0.3) is 6.08 Å². The minimum atomic E-state index is -0.809. The smallest absolute Gasteiger partial charge is 0.259 e. The van der Waals surface area contributed by atoms with E-state index < -0.39 is 5.91 Å². The molecule has 0 heterocycles. The summed E-state index contributed by atoms with van der Waals surface area (Å²) in [7, 11) is 0. The Balaban J connectivity index is 2.04. The predicted molar refractivity (Wildman–Crippen MR) is 96.4 cm³/mol. The van der Waals surface area contributed by atoms with Crippen molar-refractivity contribution in [2.75, 3.05) is 13.2 Å². The molecule has 0 bridgehead atoms. The largest absolute Gasteiger partial charge is 0.490 e. The number of carbonyl (C=O) groups excluding carboxylic acids is 1. The van der Waals surface area contributed by atoms with Gasteiger partial charge in [0.1, 0.15) is 36.4 Å². The molecule has 0 aliphatic rings. The minimum Gasteiger partial charge on any atom is -0.490 e. The second kappa shape index (κ2) is 8.76. The number of nitrogens with zero attached hydrogens (tertiary/aromatic N) is 1. The number of hydrogen-bond acceptors (Lipinski definition) is 4. The van der Waals surface area contributed by atoms with Gasteiger partial charge in [-0.1, -0.05) is 23.7 Å². The van der Waals surface area contributed by atoms with Gasteiger partial charge < -0.3 is 15.2 Å². The lowest BCUT2D eigenvalue weighted by molar-refractivity contribution is -0.114. The lowest BCUT2D eigenvalue weighted by Gasteiger charge is -2.11. The van der Waals surface area contributed by atoms with Crippen molar-refractivity contribution < 1.29 is 14.3 Å². The second-order valence-electron chi connectivity index (χ2n) is 5.23. The molecule has 5 nitrogen and oxygen atoms in total. The molecule has 0 radical (unpaired) electrons. The molecule has 128 valence electrons. The average Bonchev–Trinajstić information content (AvgIpc) is 2.57. The van der Waals surface area contributed by atoms with Crippen LogP contribution in [0.1, 0.15) is 11.1 Å². The topological polar surface area (TPSA) is 85.3 Å². The minimum absolute atomic E-state index is 0.178. The Labute approximate surface area is 151 Å². The van der Waals surface area contributed by atoms with Crippen molar-refractivity contribution >= 4 is 23.6 Å². The molecule has 0 saturated carbocycles. The molecule has 2 aromatic rings. The quantitative estimate of drug-likeness (QED) is 0.467. The lowest BCUT2D eigenvalue weighted by Crippen LogP contribution is -2.13. The van der Waals surface area contributed by atoms with Crippen molar-refractivity contribution in [2.45, 2.75) is 6.92 Å². The highest BCUT2D eigenvalue weighted by Gasteiger charge is 2.08. The van der Waals surface area contributed by atoms with E-state index in [2.05, 4.69) is 0 Å². The molecule has 6 heteroatoms. The van der Waals surface area contributed by atoms with E-state index in [-0.39, 0.29) is 12.2 Å². The van der Waals surface area contributed by atoms with Crippen LogP contribution in [-0.2, 0) is 4.79 Å². The van der Waals surface area contributed by atoms with E-state index in [9.17, 15) is 4.79 Å². The van der Waals surface area contributed by atoms with Crippen LogP contribution in [0.4, 0.5) is 0 Å². The van der Waals surface area contributed by atoms with Gasteiger partial charge in [0, 0.05) is 10.6 Å². The van der Waals surface area contributed by atoms with Crippen molar-refractivity contribution in [1.82, 2.24) is 0 Å². The summed E-state index contributed by atoms with van der Waals surface area (Å²) in [6.45, 7) is 2.62. The third-order valence-corrected chi connectivity index (χ3v) is 3.49. The zero-order chi connectivity index (χ0) is 18.2. The van der Waals surface area contributed by atoms with Crippen LogP contribution < -0.4 is 15.2 Å². The molecular formula is C19H17ClN2O3. The first-order chi connectivity index (χ1) is 12.0. The summed E-state index contributed by atoms with van der Waals surface area (Å²) < 4.78 is 11.3. The van der Waals surface area contributed by atoms with Gasteiger partial charge in [0.25, 0.3) is 5.91 Å². The van der Waals surface area contributed by atoms with Gasteiger partial charge in [0.05, 0.1) is 0 Å². The van der Waals surface area contributed by atoms with Crippen LogP contribution in [0.5, 0.6) is 11.5 Å². The van der Waals surface area contributed by atoms with Gasteiger partial charge in [-0.05, 0) is 48.9 Å². The van der Waals surface area contributed by atoms with Crippen LogP contribution >= 0.6 is 11.6 Å². The summed E-state index contributed by atoms with van der Waals surface area (Å²) in [6, 6.07) is 14.4. The van der Waals surface area contributed by atoms with Gasteiger partial charge in [-0.25, -0.2) is 0 Å². The molecule has 0 aliphatic carbocycles. The van der Waals surface area contributed by atoms with E-state index in [1.165, 1.54) is 6.08 Å². The first-order valence-corrected chi connectivity index (χ1v) is 7.91. The van der Waals surface area contributed by atoms with E-state index >= 15 is 0 Å². The average molecular weight is 357 g/mol. The second-order valence-corrected chi connectivity index (χ2v) is 5.67. The molecule has 1 amide bonds. The molecule has 0 unspecified atom stereocenters. The van der Waals surface area contributed by atoms with Gasteiger partial charge in [0.2, 0.25) is 0 Å². The van der Waals surface area contributed by atoms with Gasteiger partial charge in [-0.15, -0.1) is 0 Å². The summed E-state index contributed by atoms with van der Waals surface area (Å²) in [6.07, 6.45) is 1.35. The Kier molecular flexibility index (Phi) is 6.44. The number of nitrogens with two attached hydrogens (primary N) is 1. The highest BCUT2D eigenvalue weighted by atomic mass is 35.5. The van der Waals surface area contributed by atoms with E-state index in [0.717, 1.165) is 11.3 Å². The van der Waals surface area contributed by atoms with Gasteiger partial charge in [0.15, 0.2) is 0 Å². The Morgan fingerprint density at radius 1 is 1.24 bits per heavy atom. The normalized spacial score (nSPS) is 10.8. The van der Waals surface area contributed by atoms with Crippen molar-refractivity contribution in [3.05, 3.63) is 64.2 Å². The first-order valence-electron chi connectivity index (χ1n) is 7.53. The highest BCUT2D eigenvalue weighted by Crippen LogP contribution is 2.25. The van der Waals surface area contributed by atoms with Crippen molar-refractivity contribution in [3.8, 4) is 17.6 Å². The third-order valence-electron chi connectivity index (χ3n) is 3.26. The maximum absolute atomic E-state index is 11.2. The Bertz CT molecular complexity index is 841. The number of hydrogen-bond donors (Lipinski definition) is 1. The molecule has 0 spiro atoms. The number of amides is 1. The van der Waals surface area contributed by atoms with Gasteiger partial charge in [-0.3, -0.25) is 4.79 Å². The predicted octanol–water partition coefficient (Wildman–Crippen LogP) is 3.50. The number of nitriles is 1. The number of ether oxygens (including phenoxy) is 2. The van der Waals surface area contributed by atoms with Crippen LogP contribution in [0.2, 0.25) is 5.02 Å². The zero-order valence-corrected chi connectivity index (χ0v) is 14.4. The number of rotatable bonds is 7. The maximum atomic E-state index is 11.2. The first kappa shape index (κ1) is 18.4. The van der Waals surface area contributed by atoms with Crippen molar-refractivity contribution in [3.63, 3.8) is 0 Å². The van der Waals surface area contributed by atoms with Crippen molar-refractivity contribution in [2.24, 2.45) is 5.73 Å². The van der Waals surface area contributed by atoms with E-state index in [4.69, 9.17) is 32.1 Å². The van der Waals surface area contributed by atoms with Crippen LogP contribution in [0, 0.1) is 18.3 Å². The highest BCUT2D eigenvalue weighted by molar-refractivity contribution is 6.30. The summed E-state index contributed by atoms with van der Waals surface area (Å²) in [5.41, 5.74) is 6.59. The fourth-order valence-corrected chi connectivity index (χ4v) is 2.27. The summed E-state index contributed by atoms with van der Waals surface area (Å²) >= 11 is 5.97. The monoisotopic (exact) mass is 356 g/mol. The molecular weight excluding hydrogens is 340 g/mol. The number of carbonyl (C=O) groups is 1. The van der Waals surface area contributed by atoms with E-state index in [0.29, 0.717) is 22.9 Å². The molecule has 2 aromatic carbocycles. The number of halogens is 1. The Morgan fingerprint density at radius 2 is 2.00 bits per heavy atom. The lowest BCUT2D eigenvalue weighted by atomic mass is 10.1. The molecule has 25 heavy (non-hydrogen) atoms. The molecule has 2 rings (SSSR count). The molecule has 2 N–H and O–H groups in total. The van der Waals surface area contributed by atoms with Crippen LogP contribution in [-0.4, -0.2) is 19.1 Å². The number of aryl methyl sites for hydroxylation is 1. The van der Waals surface area contributed by atoms with Gasteiger partial charge >= 0.3 is 0 Å². The number of primary amides is 1. The molecule has 0 aliphatic heterocycles. The van der Waals surface area contributed by atoms with Crippen LogP contribution in [0.15, 0.2) is 48.0 Å². The summed E-state index contributed by atoms with van der Waals surface area (Å²) in [5.74, 6) is 0.433. The molecule has 0 saturated heterocycles. The van der Waals surface area contributed by atoms with E-state index in [1.54, 1.807) is 24.3 Å². The standard InChI is InChI=1S/C19H17ClN2O3/c1-13-3-2-4-17(9-13)24-7-8-25-18-6-5-16(20)11-14(18)10-15(12-21)19(22)23/h2-6,9-11H,7-8H2,1H3,(H2,22,23). The molecule has 0 fully saturated rings. The van der Waals surface area contributed by atoms with E-state index in [1.807, 2.05) is 31.2 Å².